The minimum atomic E-state index is -4.85. The first-order valence-corrected chi connectivity index (χ1v) is 14.5. The van der Waals surface area contributed by atoms with Crippen molar-refractivity contribution in [1.29, 1.82) is 0 Å². The monoisotopic (exact) mass is 704 g/mol. The number of hydrogen-bond acceptors (Lipinski definition) is 11. The van der Waals surface area contributed by atoms with Gasteiger partial charge < -0.3 is 41.6 Å². The van der Waals surface area contributed by atoms with E-state index in [0.29, 0.717) is 25.2 Å². The molecule has 1 aromatic carbocycles. The maximum Gasteiger partial charge on any atom is 0.490 e. The van der Waals surface area contributed by atoms with Gasteiger partial charge in [-0.2, -0.15) is 13.2 Å². The minimum Gasteiger partial charge on any atom is -0.497 e. The molecule has 0 radical (unpaired) electrons. The zero-order valence-electron chi connectivity index (χ0n) is 27.1. The van der Waals surface area contributed by atoms with Crippen LogP contribution in [0.25, 0.3) is 11.0 Å². The van der Waals surface area contributed by atoms with Crippen molar-refractivity contribution < 1.29 is 51.1 Å². The second-order valence-electron chi connectivity index (χ2n) is 10.7. The number of amides is 3. The number of halogens is 4. The largest absolute Gasteiger partial charge is 0.497 e. The standard InChI is InChI=1S/C25H34ClN9O5.C3H3F3O2/c1-6-34-16-11-14(39-5)7-8-15(16)35(13-17(36)29-9-10-30-24(38)40-25(2,3)4)18(34)12-31-23(37)19-21(27)33-22(28)20(26)32-19;1-8-2(7)3(4,5)6/h7-8,11H,6,9-10,12-13H2,1-5H3,(H6-,27,28,29,30,31,33,36,37,38);1H3/p+1. The normalized spacial score (nSPS) is 11.2. The molecule has 0 aliphatic rings. The van der Waals surface area contributed by atoms with E-state index in [4.69, 9.17) is 32.5 Å². The van der Waals surface area contributed by atoms with Crippen molar-refractivity contribution in [2.24, 2.45) is 0 Å². The highest BCUT2D eigenvalue weighted by atomic mass is 35.5. The number of nitrogen functional groups attached to an aromatic ring is 2. The zero-order chi connectivity index (χ0) is 36.4. The predicted octanol–water partition coefficient (Wildman–Crippen LogP) is 1.86. The number of esters is 1. The van der Waals surface area contributed by atoms with Gasteiger partial charge >= 0.3 is 18.2 Å². The van der Waals surface area contributed by atoms with E-state index >= 15 is 0 Å². The Morgan fingerprint density at radius 1 is 1.00 bits per heavy atom. The highest BCUT2D eigenvalue weighted by molar-refractivity contribution is 6.31. The molecule has 0 saturated heterocycles. The first-order valence-electron chi connectivity index (χ1n) is 14.2. The number of hydrogen-bond donors (Lipinski definition) is 5. The number of alkyl carbamates (subject to hydrolysis) is 1. The van der Waals surface area contributed by atoms with Crippen molar-refractivity contribution in [2.45, 2.75) is 59.1 Å². The molecule has 3 rings (SSSR count). The van der Waals surface area contributed by atoms with Gasteiger partial charge in [0.15, 0.2) is 40.1 Å². The molecular formula is C28H38ClF3N9O7+. The van der Waals surface area contributed by atoms with Crippen LogP contribution in [0.5, 0.6) is 5.75 Å². The molecule has 0 aliphatic carbocycles. The number of benzene rings is 1. The molecule has 7 N–H and O–H groups in total. The number of ether oxygens (including phenoxy) is 3. The number of methoxy groups -OCH3 is 2. The molecule has 0 fully saturated rings. The van der Waals surface area contributed by atoms with Crippen molar-refractivity contribution in [2.75, 3.05) is 38.8 Å². The van der Waals surface area contributed by atoms with Crippen LogP contribution >= 0.6 is 11.6 Å². The molecule has 3 amide bonds. The molecule has 48 heavy (non-hydrogen) atoms. The van der Waals surface area contributed by atoms with E-state index in [2.05, 4.69) is 30.7 Å². The van der Waals surface area contributed by atoms with Gasteiger partial charge in [-0.05, 0) is 39.8 Å². The number of nitrogens with one attached hydrogen (secondary N) is 3. The van der Waals surface area contributed by atoms with Crippen LogP contribution in [0.2, 0.25) is 5.15 Å². The Morgan fingerprint density at radius 3 is 2.19 bits per heavy atom. The van der Waals surface area contributed by atoms with Crippen molar-refractivity contribution in [3.8, 4) is 5.75 Å². The van der Waals surface area contributed by atoms with Gasteiger partial charge in [-0.3, -0.25) is 9.59 Å². The molecule has 0 atom stereocenters. The average molecular weight is 705 g/mol. The van der Waals surface area contributed by atoms with Gasteiger partial charge in [-0.15, -0.1) is 0 Å². The van der Waals surface area contributed by atoms with Crippen LogP contribution in [0, 0.1) is 0 Å². The maximum atomic E-state index is 12.9. The van der Waals surface area contributed by atoms with Crippen LogP contribution in [0.15, 0.2) is 18.2 Å². The van der Waals surface area contributed by atoms with Gasteiger partial charge in [0, 0.05) is 19.2 Å². The van der Waals surface area contributed by atoms with E-state index in [-0.39, 0.29) is 54.6 Å². The predicted molar refractivity (Wildman–Crippen MR) is 167 cm³/mol. The summed E-state index contributed by atoms with van der Waals surface area (Å²) in [7, 11) is 2.24. The average Bonchev–Trinajstić information content (AvgIpc) is 3.29. The Balaban J connectivity index is 0.000000886. The van der Waals surface area contributed by atoms with E-state index in [1.54, 1.807) is 38.5 Å². The molecule has 0 aliphatic heterocycles. The number of nitrogens with zero attached hydrogens (tertiary/aromatic N) is 4. The van der Waals surface area contributed by atoms with Gasteiger partial charge in [0.2, 0.25) is 0 Å². The van der Waals surface area contributed by atoms with E-state index < -0.39 is 29.7 Å². The molecule has 264 valence electrons. The summed E-state index contributed by atoms with van der Waals surface area (Å²) in [4.78, 5) is 54.9. The van der Waals surface area contributed by atoms with Gasteiger partial charge in [0.05, 0.1) is 20.8 Å². The molecule has 0 bridgehead atoms. The Morgan fingerprint density at radius 2 is 1.65 bits per heavy atom. The summed E-state index contributed by atoms with van der Waals surface area (Å²) in [5.41, 5.74) is 12.2. The fraction of sp³-hybridized carbons (Fsp3) is 0.464. The van der Waals surface area contributed by atoms with E-state index in [0.717, 1.165) is 11.0 Å². The fourth-order valence-electron chi connectivity index (χ4n) is 4.07. The first kappa shape index (κ1) is 39.1. The quantitative estimate of drug-likeness (QED) is 0.117. The van der Waals surface area contributed by atoms with Crippen molar-refractivity contribution in [3.63, 3.8) is 0 Å². The summed E-state index contributed by atoms with van der Waals surface area (Å²) in [5.74, 6) is -2.05. The van der Waals surface area contributed by atoms with Crippen LogP contribution in [-0.2, 0) is 38.7 Å². The number of carbonyl (C=O) groups is 4. The third-order valence-electron chi connectivity index (χ3n) is 6.06. The molecule has 3 aromatic rings. The summed E-state index contributed by atoms with van der Waals surface area (Å²) >= 11 is 5.93. The summed E-state index contributed by atoms with van der Waals surface area (Å²) in [6.07, 6.45) is -5.42. The smallest absolute Gasteiger partial charge is 0.490 e. The molecular weight excluding hydrogens is 667 g/mol. The number of nitrogens with two attached hydrogens (primary N) is 2. The summed E-state index contributed by atoms with van der Waals surface area (Å²) < 4.78 is 50.6. The lowest BCUT2D eigenvalue weighted by atomic mass is 10.2. The molecule has 0 spiro atoms. The summed E-state index contributed by atoms with van der Waals surface area (Å²) in [6.45, 7) is 8.14. The molecule has 16 nitrogen and oxygen atoms in total. The van der Waals surface area contributed by atoms with Crippen molar-refractivity contribution >= 4 is 58.1 Å². The highest BCUT2D eigenvalue weighted by Gasteiger charge is 2.40. The van der Waals surface area contributed by atoms with E-state index in [1.807, 2.05) is 23.6 Å². The highest BCUT2D eigenvalue weighted by Crippen LogP contribution is 2.22. The third kappa shape index (κ3) is 11.0. The van der Waals surface area contributed by atoms with Gasteiger partial charge in [0.1, 0.15) is 17.9 Å². The molecule has 2 heterocycles. The summed E-state index contributed by atoms with van der Waals surface area (Å²) in [6, 6.07) is 5.48. The first-order chi connectivity index (χ1) is 22.3. The van der Waals surface area contributed by atoms with Gasteiger partial charge in [0.25, 0.3) is 17.6 Å². The minimum absolute atomic E-state index is 0.0280. The fourth-order valence-corrected chi connectivity index (χ4v) is 4.19. The van der Waals surface area contributed by atoms with Gasteiger partial charge in [-0.25, -0.2) is 28.7 Å². The lowest BCUT2D eigenvalue weighted by molar-refractivity contribution is -0.667. The Kier molecular flexibility index (Phi) is 13.6. The number of imidazole rings is 1. The summed E-state index contributed by atoms with van der Waals surface area (Å²) in [5, 5.41) is 8.03. The molecule has 2 aromatic heterocycles. The number of rotatable bonds is 10. The topological polar surface area (TPSA) is 219 Å². The Hall–Kier alpha value is -5.07. The third-order valence-corrected chi connectivity index (χ3v) is 6.34. The van der Waals surface area contributed by atoms with Crippen molar-refractivity contribution in [3.05, 3.63) is 34.9 Å². The van der Waals surface area contributed by atoms with Crippen LogP contribution in [0.4, 0.5) is 29.6 Å². The van der Waals surface area contributed by atoms with Gasteiger partial charge in [-0.1, -0.05) is 11.6 Å². The number of aryl methyl sites for hydroxylation is 1. The Bertz CT molecular complexity index is 1640. The number of alkyl halides is 3. The molecule has 20 heteroatoms. The molecule has 0 unspecified atom stereocenters. The zero-order valence-corrected chi connectivity index (χ0v) is 27.8. The molecule has 0 saturated carbocycles. The Labute approximate surface area is 278 Å². The second-order valence-corrected chi connectivity index (χ2v) is 11.0. The lowest BCUT2D eigenvalue weighted by Gasteiger charge is -2.19. The lowest BCUT2D eigenvalue weighted by Crippen LogP contribution is -2.48. The van der Waals surface area contributed by atoms with Crippen LogP contribution < -0.4 is 36.7 Å². The number of aromatic nitrogens is 4. The maximum absolute atomic E-state index is 12.9. The second kappa shape index (κ2) is 16.7. The van der Waals surface area contributed by atoms with Crippen LogP contribution in [0.3, 0.4) is 0 Å². The van der Waals surface area contributed by atoms with Crippen molar-refractivity contribution in [1.82, 2.24) is 30.5 Å². The number of carbonyl (C=O) groups excluding carboxylic acids is 4. The number of anilines is 2. The van der Waals surface area contributed by atoms with Crippen LogP contribution in [0.1, 0.15) is 44.0 Å². The van der Waals surface area contributed by atoms with E-state index in [1.165, 1.54) is 0 Å². The van der Waals surface area contributed by atoms with Crippen LogP contribution in [-0.4, -0.2) is 77.5 Å². The SMILES string of the molecule is CCn1c(CNC(=O)c2nc(Cl)c(N)nc2N)[n+](CC(=O)NCCNC(=O)OC(C)(C)C)c2ccc(OC)cc21.COC(=O)C(F)(F)F. The van der Waals surface area contributed by atoms with E-state index in [9.17, 15) is 32.3 Å². The number of fused-ring (bicyclic) bond motifs is 1.